The number of halogens is 1. The van der Waals surface area contributed by atoms with E-state index in [-0.39, 0.29) is 0 Å². The summed E-state index contributed by atoms with van der Waals surface area (Å²) in [5.41, 5.74) is 0. The molecule has 0 saturated carbocycles. The van der Waals surface area contributed by atoms with Crippen molar-refractivity contribution in [3.63, 3.8) is 0 Å². The molecule has 54 valence electrons. The molecule has 0 aromatic carbocycles. The Hall–Kier alpha value is -0.580. The van der Waals surface area contributed by atoms with Crippen molar-refractivity contribution < 1.29 is 0 Å². The van der Waals surface area contributed by atoms with Crippen LogP contribution in [0.1, 0.15) is 0 Å². The first-order chi connectivity index (χ1) is 4.79. The zero-order valence-electron chi connectivity index (χ0n) is 5.58. The van der Waals surface area contributed by atoms with Gasteiger partial charge < -0.3 is 4.90 Å². The van der Waals surface area contributed by atoms with Gasteiger partial charge in [-0.25, -0.2) is 4.68 Å². The molecule has 0 amide bonds. The van der Waals surface area contributed by atoms with Crippen LogP contribution in [0.5, 0.6) is 0 Å². The molecule has 5 heteroatoms. The SMILES string of the molecule is CN1CCn2nnc(Br)c21. The smallest absolute Gasteiger partial charge is 0.172 e. The highest BCUT2D eigenvalue weighted by molar-refractivity contribution is 9.10. The number of likely N-dealkylation sites (N-methyl/N-ethyl adjacent to an activating group) is 1. The Morgan fingerprint density at radius 2 is 2.30 bits per heavy atom. The first kappa shape index (κ1) is 6.15. The summed E-state index contributed by atoms with van der Waals surface area (Å²) in [6.45, 7) is 1.98. The topological polar surface area (TPSA) is 34.0 Å². The van der Waals surface area contributed by atoms with Gasteiger partial charge >= 0.3 is 0 Å². The maximum atomic E-state index is 3.92. The second-order valence-electron chi connectivity index (χ2n) is 2.35. The largest absolute Gasteiger partial charge is 0.356 e. The minimum Gasteiger partial charge on any atom is -0.356 e. The summed E-state index contributed by atoms with van der Waals surface area (Å²) in [6, 6.07) is 0. The van der Waals surface area contributed by atoms with Crippen molar-refractivity contribution >= 4 is 21.7 Å². The Morgan fingerprint density at radius 1 is 1.50 bits per heavy atom. The summed E-state index contributed by atoms with van der Waals surface area (Å²) in [5.74, 6) is 1.08. The highest BCUT2D eigenvalue weighted by Gasteiger charge is 2.20. The van der Waals surface area contributed by atoms with Gasteiger partial charge in [0, 0.05) is 13.6 Å². The van der Waals surface area contributed by atoms with Crippen LogP contribution < -0.4 is 4.90 Å². The molecule has 10 heavy (non-hydrogen) atoms. The zero-order chi connectivity index (χ0) is 7.14. The van der Waals surface area contributed by atoms with E-state index in [0.717, 1.165) is 23.5 Å². The average Bonchev–Trinajstić information content (AvgIpc) is 2.40. The van der Waals surface area contributed by atoms with Crippen LogP contribution >= 0.6 is 15.9 Å². The molecular weight excluding hydrogens is 196 g/mol. The van der Waals surface area contributed by atoms with Gasteiger partial charge in [-0.3, -0.25) is 0 Å². The summed E-state index contributed by atoms with van der Waals surface area (Å²) in [7, 11) is 2.03. The molecule has 0 bridgehead atoms. The number of fused-ring (bicyclic) bond motifs is 1. The number of anilines is 1. The third kappa shape index (κ3) is 0.667. The minimum absolute atomic E-state index is 0.840. The number of hydrogen-bond donors (Lipinski definition) is 0. The molecule has 0 unspecified atom stereocenters. The van der Waals surface area contributed by atoms with Crippen molar-refractivity contribution in [3.8, 4) is 0 Å². The Balaban J connectivity index is 2.54. The molecule has 0 aliphatic carbocycles. The van der Waals surface area contributed by atoms with Crippen molar-refractivity contribution in [2.24, 2.45) is 0 Å². The molecule has 1 aliphatic heterocycles. The molecule has 4 nitrogen and oxygen atoms in total. The van der Waals surface area contributed by atoms with Crippen molar-refractivity contribution in [2.45, 2.75) is 6.54 Å². The van der Waals surface area contributed by atoms with Gasteiger partial charge in [-0.1, -0.05) is 5.21 Å². The fraction of sp³-hybridized carbons (Fsp3) is 0.600. The van der Waals surface area contributed by atoms with Crippen LogP contribution in [-0.4, -0.2) is 28.6 Å². The van der Waals surface area contributed by atoms with E-state index in [1.54, 1.807) is 0 Å². The van der Waals surface area contributed by atoms with Crippen LogP contribution in [0.25, 0.3) is 0 Å². The summed E-state index contributed by atoms with van der Waals surface area (Å²) in [5, 5.41) is 7.80. The number of aromatic nitrogens is 3. The van der Waals surface area contributed by atoms with Crippen LogP contribution in [0.15, 0.2) is 4.60 Å². The Morgan fingerprint density at radius 3 is 3.00 bits per heavy atom. The van der Waals surface area contributed by atoms with E-state index in [4.69, 9.17) is 0 Å². The van der Waals surface area contributed by atoms with Gasteiger partial charge in [0.25, 0.3) is 0 Å². The van der Waals surface area contributed by atoms with E-state index >= 15 is 0 Å². The Labute approximate surface area is 66.9 Å². The lowest BCUT2D eigenvalue weighted by atomic mass is 10.6. The van der Waals surface area contributed by atoms with Gasteiger partial charge in [-0.15, -0.1) is 5.10 Å². The molecule has 0 radical (unpaired) electrons. The lowest BCUT2D eigenvalue weighted by molar-refractivity contribution is 0.650. The lowest BCUT2D eigenvalue weighted by Crippen LogP contribution is -2.12. The average molecular weight is 203 g/mol. The predicted molar refractivity (Wildman–Crippen MR) is 41.0 cm³/mol. The van der Waals surface area contributed by atoms with Crippen molar-refractivity contribution in [3.05, 3.63) is 4.60 Å². The molecule has 0 fully saturated rings. The summed E-state index contributed by atoms with van der Waals surface area (Å²) >= 11 is 3.32. The molecule has 0 spiro atoms. The van der Waals surface area contributed by atoms with Gasteiger partial charge in [0.2, 0.25) is 0 Å². The molecule has 0 atom stereocenters. The van der Waals surface area contributed by atoms with Crippen molar-refractivity contribution in [1.29, 1.82) is 0 Å². The second kappa shape index (κ2) is 1.95. The van der Waals surface area contributed by atoms with Gasteiger partial charge in [-0.05, 0) is 15.9 Å². The summed E-state index contributed by atoms with van der Waals surface area (Å²) in [6.07, 6.45) is 0. The van der Waals surface area contributed by atoms with Crippen LogP contribution in [0.2, 0.25) is 0 Å². The van der Waals surface area contributed by atoms with Gasteiger partial charge in [0.15, 0.2) is 10.4 Å². The van der Waals surface area contributed by atoms with Crippen LogP contribution in [-0.2, 0) is 6.54 Å². The summed E-state index contributed by atoms with van der Waals surface area (Å²) < 4.78 is 2.73. The van der Waals surface area contributed by atoms with Crippen LogP contribution in [0, 0.1) is 0 Å². The van der Waals surface area contributed by atoms with E-state index in [2.05, 4.69) is 31.1 Å². The third-order valence-corrected chi connectivity index (χ3v) is 2.19. The van der Waals surface area contributed by atoms with Crippen LogP contribution in [0.4, 0.5) is 5.82 Å². The van der Waals surface area contributed by atoms with Crippen molar-refractivity contribution in [2.75, 3.05) is 18.5 Å². The standard InChI is InChI=1S/C5H7BrN4/c1-9-2-3-10-5(9)4(6)7-8-10/h2-3H2,1H3. The quantitative estimate of drug-likeness (QED) is 0.615. The minimum atomic E-state index is 0.840. The Kier molecular flexibility index (Phi) is 1.20. The van der Waals surface area contributed by atoms with E-state index in [1.807, 2.05) is 11.7 Å². The Bertz CT molecular complexity index is 256. The number of rotatable bonds is 0. The van der Waals surface area contributed by atoms with E-state index < -0.39 is 0 Å². The molecule has 2 rings (SSSR count). The first-order valence-electron chi connectivity index (χ1n) is 3.09. The normalized spacial score (nSPS) is 16.0. The fourth-order valence-electron chi connectivity index (χ4n) is 1.14. The van der Waals surface area contributed by atoms with Crippen LogP contribution in [0.3, 0.4) is 0 Å². The monoisotopic (exact) mass is 202 g/mol. The van der Waals surface area contributed by atoms with E-state index in [9.17, 15) is 0 Å². The van der Waals surface area contributed by atoms with Gasteiger partial charge in [0.05, 0.1) is 6.54 Å². The highest BCUT2D eigenvalue weighted by atomic mass is 79.9. The molecule has 1 aromatic rings. The molecule has 2 heterocycles. The predicted octanol–water partition coefficient (Wildman–Crippen LogP) is 0.490. The van der Waals surface area contributed by atoms with Gasteiger partial charge in [-0.2, -0.15) is 0 Å². The maximum absolute atomic E-state index is 3.92. The first-order valence-corrected chi connectivity index (χ1v) is 3.88. The lowest BCUT2D eigenvalue weighted by Gasteiger charge is -2.06. The number of hydrogen-bond acceptors (Lipinski definition) is 3. The fourth-order valence-corrected chi connectivity index (χ4v) is 1.72. The van der Waals surface area contributed by atoms with E-state index in [0.29, 0.717) is 0 Å². The molecule has 1 aliphatic rings. The van der Waals surface area contributed by atoms with Gasteiger partial charge in [0.1, 0.15) is 0 Å². The molecule has 0 N–H and O–H groups in total. The van der Waals surface area contributed by atoms with E-state index in [1.165, 1.54) is 0 Å². The maximum Gasteiger partial charge on any atom is 0.172 e. The summed E-state index contributed by atoms with van der Waals surface area (Å²) in [4.78, 5) is 2.13. The number of nitrogens with zero attached hydrogens (tertiary/aromatic N) is 4. The zero-order valence-corrected chi connectivity index (χ0v) is 7.17. The third-order valence-electron chi connectivity index (χ3n) is 1.68. The second-order valence-corrected chi connectivity index (χ2v) is 3.10. The highest BCUT2D eigenvalue weighted by Crippen LogP contribution is 2.25. The van der Waals surface area contributed by atoms with Crippen molar-refractivity contribution in [1.82, 2.24) is 15.0 Å². The molecule has 1 aromatic heterocycles. The molecular formula is C5H7BrN4. The molecule has 0 saturated heterocycles.